The van der Waals surface area contributed by atoms with Gasteiger partial charge in [-0.2, -0.15) is 0 Å². The van der Waals surface area contributed by atoms with Crippen molar-refractivity contribution in [3.8, 4) is 0 Å². The molecule has 150 valence electrons. The summed E-state index contributed by atoms with van der Waals surface area (Å²) >= 11 is 0. The first-order valence-electron chi connectivity index (χ1n) is 10.0. The van der Waals surface area contributed by atoms with Crippen LogP contribution >= 0.6 is 0 Å². The molecule has 6 heteroatoms. The number of carboxylic acid groups (broad SMARTS) is 1. The van der Waals surface area contributed by atoms with Gasteiger partial charge >= 0.3 is 5.97 Å². The Balaban J connectivity index is 1.79. The Bertz CT molecular complexity index is 465. The van der Waals surface area contributed by atoms with Gasteiger partial charge < -0.3 is 25.2 Å². The highest BCUT2D eigenvalue weighted by Gasteiger charge is 2.47. The maximum Gasteiger partial charge on any atom is 0.303 e. The second-order valence-corrected chi connectivity index (χ2v) is 7.79. The Hall–Kier alpha value is -0.950. The molecule has 2 unspecified atom stereocenters. The summed E-state index contributed by atoms with van der Waals surface area (Å²) in [5, 5.41) is 39.3. The Labute approximate surface area is 155 Å². The van der Waals surface area contributed by atoms with Crippen LogP contribution in [0.4, 0.5) is 0 Å². The number of carbonyl (C=O) groups is 1. The largest absolute Gasteiger partial charge is 0.481 e. The van der Waals surface area contributed by atoms with E-state index in [0.717, 1.165) is 32.1 Å². The molecule has 6 nitrogen and oxygen atoms in total. The van der Waals surface area contributed by atoms with Gasteiger partial charge in [-0.25, -0.2) is 0 Å². The molecule has 2 fully saturated rings. The van der Waals surface area contributed by atoms with Crippen LogP contribution in [0.1, 0.15) is 64.7 Å². The lowest BCUT2D eigenvalue weighted by Gasteiger charge is -2.20. The average molecular weight is 370 g/mol. The topological polar surface area (TPSA) is 111 Å². The van der Waals surface area contributed by atoms with Gasteiger partial charge in [0.15, 0.2) is 0 Å². The van der Waals surface area contributed by atoms with Crippen LogP contribution in [0, 0.1) is 11.8 Å². The van der Waals surface area contributed by atoms with E-state index in [-0.39, 0.29) is 30.5 Å². The summed E-state index contributed by atoms with van der Waals surface area (Å²) in [6, 6.07) is 0. The highest BCUT2D eigenvalue weighted by atomic mass is 16.6. The van der Waals surface area contributed by atoms with Gasteiger partial charge in [-0.15, -0.1) is 0 Å². The summed E-state index contributed by atoms with van der Waals surface area (Å²) in [5.74, 6) is -1.05. The van der Waals surface area contributed by atoms with Gasteiger partial charge in [0.05, 0.1) is 30.5 Å². The van der Waals surface area contributed by atoms with E-state index < -0.39 is 24.3 Å². The summed E-state index contributed by atoms with van der Waals surface area (Å²) in [6.45, 7) is 2.12. The number of epoxide rings is 1. The predicted molar refractivity (Wildman–Crippen MR) is 97.7 cm³/mol. The fourth-order valence-corrected chi connectivity index (χ4v) is 4.03. The van der Waals surface area contributed by atoms with Crippen LogP contribution in [0.15, 0.2) is 12.2 Å². The molecule has 0 bridgehead atoms. The molecular weight excluding hydrogens is 336 g/mol. The smallest absolute Gasteiger partial charge is 0.303 e. The number of unbranched alkanes of at least 4 members (excludes halogenated alkanes) is 2. The number of ether oxygens (including phenoxy) is 1. The lowest BCUT2D eigenvalue weighted by atomic mass is 9.87. The van der Waals surface area contributed by atoms with Crippen LogP contribution in [0.2, 0.25) is 0 Å². The van der Waals surface area contributed by atoms with Crippen molar-refractivity contribution in [2.75, 3.05) is 0 Å². The van der Waals surface area contributed by atoms with Crippen molar-refractivity contribution < 1.29 is 30.0 Å². The van der Waals surface area contributed by atoms with Crippen LogP contribution < -0.4 is 0 Å². The van der Waals surface area contributed by atoms with Crippen molar-refractivity contribution in [1.29, 1.82) is 0 Å². The van der Waals surface area contributed by atoms with E-state index in [1.54, 1.807) is 6.08 Å². The zero-order chi connectivity index (χ0) is 19.1. The molecule has 2 aliphatic rings. The number of aliphatic carboxylic acids is 1. The summed E-state index contributed by atoms with van der Waals surface area (Å²) in [4.78, 5) is 10.6. The fraction of sp³-hybridized carbons (Fsp3) is 0.850. The van der Waals surface area contributed by atoms with Crippen LogP contribution in [0.5, 0.6) is 0 Å². The quantitative estimate of drug-likeness (QED) is 0.238. The van der Waals surface area contributed by atoms with E-state index >= 15 is 0 Å². The third-order valence-electron chi connectivity index (χ3n) is 5.65. The van der Waals surface area contributed by atoms with Gasteiger partial charge in [0.1, 0.15) is 0 Å². The van der Waals surface area contributed by atoms with Crippen LogP contribution in [0.3, 0.4) is 0 Å². The number of aliphatic hydroxyl groups excluding tert-OH is 3. The predicted octanol–water partition coefficient (Wildman–Crippen LogP) is 2.25. The maximum atomic E-state index is 10.6. The van der Waals surface area contributed by atoms with Gasteiger partial charge in [-0.3, -0.25) is 4.79 Å². The number of rotatable bonds is 12. The Kier molecular flexibility index (Phi) is 8.54. The molecule has 1 aliphatic carbocycles. The molecule has 0 spiro atoms. The van der Waals surface area contributed by atoms with Crippen molar-refractivity contribution in [2.45, 2.75) is 95.2 Å². The molecule has 1 saturated carbocycles. The SMILES string of the molecule is CCCCC[C@H](O)/C=C/[C@@H]1[C@@H](CC2OC2CCCC(=O)O)[C@@H](O)C[C@H]1O. The summed E-state index contributed by atoms with van der Waals surface area (Å²) in [6.07, 6.45) is 8.45. The van der Waals surface area contributed by atoms with Crippen molar-refractivity contribution in [3.63, 3.8) is 0 Å². The third-order valence-corrected chi connectivity index (χ3v) is 5.65. The lowest BCUT2D eigenvalue weighted by molar-refractivity contribution is -0.137. The molecule has 1 heterocycles. The highest BCUT2D eigenvalue weighted by Crippen LogP contribution is 2.42. The minimum absolute atomic E-state index is 0.0409. The van der Waals surface area contributed by atoms with Gasteiger partial charge in [0.2, 0.25) is 0 Å². The van der Waals surface area contributed by atoms with E-state index in [1.807, 2.05) is 6.08 Å². The first-order chi connectivity index (χ1) is 12.4. The standard InChI is InChI=1S/C20H34O6/c1-2-3-4-6-13(21)9-10-14-15(17(23)12-16(14)22)11-19-18(26-19)7-5-8-20(24)25/h9-10,13-19,21-23H,2-8,11-12H2,1H3,(H,24,25)/b10-9+/t13-,14+,15+,16+,17-,18?,19?/m0/s1. The monoisotopic (exact) mass is 370 g/mol. The molecule has 1 aliphatic heterocycles. The molecule has 4 N–H and O–H groups in total. The first-order valence-corrected chi connectivity index (χ1v) is 10.0. The molecule has 26 heavy (non-hydrogen) atoms. The summed E-state index contributed by atoms with van der Waals surface area (Å²) < 4.78 is 5.62. The Morgan fingerprint density at radius 3 is 2.65 bits per heavy atom. The normalized spacial score (nSPS) is 35.1. The Morgan fingerprint density at radius 2 is 1.96 bits per heavy atom. The third kappa shape index (κ3) is 6.65. The molecule has 0 aromatic carbocycles. The summed E-state index contributed by atoms with van der Waals surface area (Å²) in [7, 11) is 0. The van der Waals surface area contributed by atoms with E-state index in [4.69, 9.17) is 9.84 Å². The van der Waals surface area contributed by atoms with Gasteiger partial charge in [0.25, 0.3) is 0 Å². The van der Waals surface area contributed by atoms with E-state index in [0.29, 0.717) is 19.3 Å². The summed E-state index contributed by atoms with van der Waals surface area (Å²) in [5.41, 5.74) is 0. The molecule has 0 amide bonds. The van der Waals surface area contributed by atoms with Crippen LogP contribution in [-0.4, -0.2) is 56.9 Å². The number of carboxylic acids is 1. The zero-order valence-corrected chi connectivity index (χ0v) is 15.7. The Morgan fingerprint density at radius 1 is 1.19 bits per heavy atom. The minimum atomic E-state index is -0.792. The lowest BCUT2D eigenvalue weighted by Crippen LogP contribution is -2.23. The second kappa shape index (κ2) is 10.4. The second-order valence-electron chi connectivity index (χ2n) is 7.79. The van der Waals surface area contributed by atoms with Crippen molar-refractivity contribution in [1.82, 2.24) is 0 Å². The first kappa shape index (κ1) is 21.4. The average Bonchev–Trinajstić information content (AvgIpc) is 3.25. The zero-order valence-electron chi connectivity index (χ0n) is 15.7. The fourth-order valence-electron chi connectivity index (χ4n) is 4.03. The molecule has 2 rings (SSSR count). The highest BCUT2D eigenvalue weighted by molar-refractivity contribution is 5.66. The van der Waals surface area contributed by atoms with Crippen molar-refractivity contribution in [3.05, 3.63) is 12.2 Å². The van der Waals surface area contributed by atoms with Gasteiger partial charge in [-0.05, 0) is 31.6 Å². The molecule has 7 atom stereocenters. The van der Waals surface area contributed by atoms with E-state index in [2.05, 4.69) is 6.92 Å². The number of aliphatic hydroxyl groups is 3. The van der Waals surface area contributed by atoms with Crippen LogP contribution in [0.25, 0.3) is 0 Å². The number of hydrogen-bond acceptors (Lipinski definition) is 5. The minimum Gasteiger partial charge on any atom is -0.481 e. The molecular formula is C20H34O6. The number of hydrogen-bond donors (Lipinski definition) is 4. The van der Waals surface area contributed by atoms with E-state index in [9.17, 15) is 20.1 Å². The van der Waals surface area contributed by atoms with Crippen molar-refractivity contribution >= 4 is 5.97 Å². The van der Waals surface area contributed by atoms with Crippen molar-refractivity contribution in [2.24, 2.45) is 11.8 Å². The van der Waals surface area contributed by atoms with Gasteiger partial charge in [-0.1, -0.05) is 38.3 Å². The van der Waals surface area contributed by atoms with Crippen LogP contribution in [-0.2, 0) is 9.53 Å². The molecule has 0 aromatic heterocycles. The maximum absolute atomic E-state index is 10.6. The molecule has 0 radical (unpaired) electrons. The van der Waals surface area contributed by atoms with Gasteiger partial charge in [0, 0.05) is 18.8 Å². The van der Waals surface area contributed by atoms with E-state index in [1.165, 1.54) is 0 Å². The molecule has 1 saturated heterocycles. The molecule has 0 aromatic rings.